The van der Waals surface area contributed by atoms with Crippen molar-refractivity contribution in [1.29, 1.82) is 0 Å². The van der Waals surface area contributed by atoms with Crippen molar-refractivity contribution in [2.75, 3.05) is 0 Å². The van der Waals surface area contributed by atoms with Gasteiger partial charge in [-0.15, -0.1) is 0 Å². The van der Waals surface area contributed by atoms with Gasteiger partial charge in [0.05, 0.1) is 6.10 Å². The summed E-state index contributed by atoms with van der Waals surface area (Å²) < 4.78 is 19.9. The van der Waals surface area contributed by atoms with Crippen LogP contribution in [0.3, 0.4) is 0 Å². The fourth-order valence-electron chi connectivity index (χ4n) is 3.33. The van der Waals surface area contributed by atoms with Crippen LogP contribution in [0.15, 0.2) is 22.7 Å². The first-order valence-corrected chi connectivity index (χ1v) is 7.11. The molecule has 0 heterocycles. The lowest BCUT2D eigenvalue weighted by Gasteiger charge is -2.28. The maximum absolute atomic E-state index is 13.2. The van der Waals surface area contributed by atoms with Crippen LogP contribution in [-0.4, -0.2) is 6.10 Å². The van der Waals surface area contributed by atoms with Crippen LogP contribution in [0.2, 0.25) is 0 Å². The average Bonchev–Trinajstić information content (AvgIpc) is 2.56. The highest BCUT2D eigenvalue weighted by atomic mass is 79.9. The fraction of sp³-hybridized carbons (Fsp3) is 0.571. The maximum atomic E-state index is 13.2. The normalized spacial score (nSPS) is 31.5. The molecule has 2 aliphatic carbocycles. The summed E-state index contributed by atoms with van der Waals surface area (Å²) in [5, 5.41) is 0. The van der Waals surface area contributed by atoms with Gasteiger partial charge in [0, 0.05) is 10.5 Å². The number of rotatable bonds is 2. The molecule has 3 rings (SSSR count). The van der Waals surface area contributed by atoms with Crippen LogP contribution < -0.4 is 4.74 Å². The van der Waals surface area contributed by atoms with E-state index < -0.39 is 0 Å². The second kappa shape index (κ2) is 4.60. The van der Waals surface area contributed by atoms with E-state index in [4.69, 9.17) is 4.74 Å². The van der Waals surface area contributed by atoms with Crippen LogP contribution >= 0.6 is 15.9 Å². The first kappa shape index (κ1) is 11.5. The third kappa shape index (κ3) is 2.65. The van der Waals surface area contributed by atoms with Crippen molar-refractivity contribution in [2.45, 2.75) is 38.2 Å². The van der Waals surface area contributed by atoms with Crippen LogP contribution in [0, 0.1) is 17.7 Å². The second-order valence-corrected chi connectivity index (χ2v) is 6.28. The third-order valence-electron chi connectivity index (χ3n) is 3.98. The SMILES string of the molecule is Fc1cc(Br)cc(OC2C[C@H]3CC[C@@H](C2)C3)c1. The molecule has 0 aliphatic heterocycles. The van der Waals surface area contributed by atoms with Gasteiger partial charge in [0.15, 0.2) is 0 Å². The summed E-state index contributed by atoms with van der Waals surface area (Å²) in [7, 11) is 0. The molecular weight excluding hydrogens is 283 g/mol. The van der Waals surface area contributed by atoms with Gasteiger partial charge in [-0.05, 0) is 43.2 Å². The summed E-state index contributed by atoms with van der Waals surface area (Å²) in [6, 6.07) is 4.78. The highest BCUT2D eigenvalue weighted by molar-refractivity contribution is 9.10. The van der Waals surface area contributed by atoms with Crippen LogP contribution in [0.4, 0.5) is 4.39 Å². The zero-order chi connectivity index (χ0) is 11.8. The van der Waals surface area contributed by atoms with Crippen molar-refractivity contribution in [3.05, 3.63) is 28.5 Å². The Bertz CT molecular complexity index is 388. The van der Waals surface area contributed by atoms with E-state index in [0.29, 0.717) is 5.75 Å². The number of fused-ring (bicyclic) bond motifs is 2. The molecule has 2 saturated carbocycles. The number of halogens is 2. The second-order valence-electron chi connectivity index (χ2n) is 5.36. The summed E-state index contributed by atoms with van der Waals surface area (Å²) in [5.41, 5.74) is 0. The fourth-order valence-corrected chi connectivity index (χ4v) is 3.78. The van der Waals surface area contributed by atoms with Crippen molar-refractivity contribution in [3.8, 4) is 5.75 Å². The third-order valence-corrected chi connectivity index (χ3v) is 4.44. The summed E-state index contributed by atoms with van der Waals surface area (Å²) in [4.78, 5) is 0. The van der Waals surface area contributed by atoms with Crippen LogP contribution in [0.25, 0.3) is 0 Å². The number of ether oxygens (including phenoxy) is 1. The minimum atomic E-state index is -0.242. The molecule has 17 heavy (non-hydrogen) atoms. The number of hydrogen-bond acceptors (Lipinski definition) is 1. The molecule has 1 nitrogen and oxygen atoms in total. The Hall–Kier alpha value is -0.570. The van der Waals surface area contributed by atoms with Gasteiger partial charge in [-0.2, -0.15) is 0 Å². The summed E-state index contributed by atoms with van der Waals surface area (Å²) in [5.74, 6) is 2.10. The van der Waals surface area contributed by atoms with E-state index in [-0.39, 0.29) is 11.9 Å². The van der Waals surface area contributed by atoms with Gasteiger partial charge in [-0.25, -0.2) is 4.39 Å². The largest absolute Gasteiger partial charge is 0.490 e. The van der Waals surface area contributed by atoms with Crippen LogP contribution in [-0.2, 0) is 0 Å². The Balaban J connectivity index is 1.70. The average molecular weight is 299 g/mol. The van der Waals surface area contributed by atoms with E-state index in [1.807, 2.05) is 6.07 Å². The highest BCUT2D eigenvalue weighted by Gasteiger charge is 2.35. The van der Waals surface area contributed by atoms with Gasteiger partial charge in [0.1, 0.15) is 11.6 Å². The molecule has 2 fully saturated rings. The van der Waals surface area contributed by atoms with Gasteiger partial charge in [-0.1, -0.05) is 28.8 Å². The molecule has 0 N–H and O–H groups in total. The van der Waals surface area contributed by atoms with Gasteiger partial charge in [-0.3, -0.25) is 0 Å². The molecule has 0 amide bonds. The number of hydrogen-bond donors (Lipinski definition) is 0. The monoisotopic (exact) mass is 298 g/mol. The number of benzene rings is 1. The zero-order valence-electron chi connectivity index (χ0n) is 9.66. The van der Waals surface area contributed by atoms with Crippen molar-refractivity contribution in [2.24, 2.45) is 11.8 Å². The smallest absolute Gasteiger partial charge is 0.128 e. The lowest BCUT2D eigenvalue weighted by molar-refractivity contribution is 0.118. The summed E-state index contributed by atoms with van der Waals surface area (Å²) in [6.07, 6.45) is 6.67. The van der Waals surface area contributed by atoms with E-state index in [2.05, 4.69) is 15.9 Å². The first-order chi connectivity index (χ1) is 8.19. The molecule has 0 saturated heterocycles. The van der Waals surface area contributed by atoms with E-state index in [0.717, 1.165) is 29.2 Å². The molecule has 0 spiro atoms. The molecular formula is C14H16BrFO. The van der Waals surface area contributed by atoms with Crippen LogP contribution in [0.1, 0.15) is 32.1 Å². The molecule has 2 bridgehead atoms. The first-order valence-electron chi connectivity index (χ1n) is 6.32. The predicted octanol–water partition coefficient (Wildman–Crippen LogP) is 4.55. The van der Waals surface area contributed by atoms with Gasteiger partial charge < -0.3 is 4.74 Å². The minimum absolute atomic E-state index is 0.242. The molecule has 1 unspecified atom stereocenters. The summed E-state index contributed by atoms with van der Waals surface area (Å²) in [6.45, 7) is 0. The van der Waals surface area contributed by atoms with Gasteiger partial charge in [0.2, 0.25) is 0 Å². The van der Waals surface area contributed by atoms with E-state index >= 15 is 0 Å². The van der Waals surface area contributed by atoms with Gasteiger partial charge in [0.25, 0.3) is 0 Å². The maximum Gasteiger partial charge on any atom is 0.128 e. The molecule has 2 aliphatic rings. The van der Waals surface area contributed by atoms with Crippen molar-refractivity contribution in [3.63, 3.8) is 0 Å². The Labute approximate surface area is 109 Å². The Kier molecular flexibility index (Phi) is 3.12. The standard InChI is InChI=1S/C14H16BrFO/c15-11-6-12(16)8-14(7-11)17-13-4-9-1-2-10(3-9)5-13/h6-10,13H,1-5H2/t9-,10+,13?. The van der Waals surface area contributed by atoms with Gasteiger partial charge >= 0.3 is 0 Å². The molecule has 92 valence electrons. The molecule has 3 heteroatoms. The van der Waals surface area contributed by atoms with Crippen molar-refractivity contribution < 1.29 is 9.13 Å². The molecule has 0 aromatic heterocycles. The quantitative estimate of drug-likeness (QED) is 0.778. The lowest BCUT2D eigenvalue weighted by Crippen LogP contribution is -2.26. The predicted molar refractivity (Wildman–Crippen MR) is 68.6 cm³/mol. The Morgan fingerprint density at radius 1 is 1.06 bits per heavy atom. The molecule has 1 aromatic carbocycles. The molecule has 0 radical (unpaired) electrons. The van der Waals surface area contributed by atoms with Crippen molar-refractivity contribution >= 4 is 15.9 Å². The highest BCUT2D eigenvalue weighted by Crippen LogP contribution is 2.43. The zero-order valence-corrected chi connectivity index (χ0v) is 11.2. The lowest BCUT2D eigenvalue weighted by atomic mass is 9.87. The molecule has 3 atom stereocenters. The summed E-state index contributed by atoms with van der Waals surface area (Å²) >= 11 is 3.29. The van der Waals surface area contributed by atoms with Crippen molar-refractivity contribution in [1.82, 2.24) is 0 Å². The minimum Gasteiger partial charge on any atom is -0.490 e. The van der Waals surface area contributed by atoms with Crippen LogP contribution in [0.5, 0.6) is 5.75 Å². The Morgan fingerprint density at radius 3 is 2.41 bits per heavy atom. The van der Waals surface area contributed by atoms with E-state index in [1.54, 1.807) is 0 Å². The Morgan fingerprint density at radius 2 is 1.76 bits per heavy atom. The molecule has 1 aromatic rings. The van der Waals surface area contributed by atoms with E-state index in [1.165, 1.54) is 31.4 Å². The van der Waals surface area contributed by atoms with E-state index in [9.17, 15) is 4.39 Å². The topological polar surface area (TPSA) is 9.23 Å².